The van der Waals surface area contributed by atoms with E-state index in [1.807, 2.05) is 0 Å². The number of nitrogens with two attached hydrogens (primary N) is 3. The predicted molar refractivity (Wildman–Crippen MR) is 165 cm³/mol. The lowest BCUT2D eigenvalue weighted by Gasteiger charge is -2.21. The van der Waals surface area contributed by atoms with E-state index < -0.39 is 63.6 Å². The monoisotopic (exact) mass is 689 g/mol. The van der Waals surface area contributed by atoms with Crippen molar-refractivity contribution in [2.24, 2.45) is 16.5 Å². The number of aromatic nitrogens is 6. The highest BCUT2D eigenvalue weighted by molar-refractivity contribution is 7.47. The zero-order valence-electron chi connectivity index (χ0n) is 24.4. The van der Waals surface area contributed by atoms with Gasteiger partial charge in [-0.1, -0.05) is 0 Å². The molecule has 0 aromatic carbocycles. The van der Waals surface area contributed by atoms with Crippen LogP contribution in [-0.2, 0) is 23.1 Å². The SMILES string of the molecule is Cl.NC(N)=NCCCCNc1ccn([C@H]2C[C@H](OP(=O)(O)OC[C@H]3O[C@@H](n4cnc5c(N)ncnc54)C[C@@H]3O)[C@@H](CO)O2)c(=O)n1. The molecule has 0 saturated carbocycles. The number of unbranched alkanes of at least 4 members (excludes halogenated alkanes) is 1. The largest absolute Gasteiger partial charge is 0.472 e. The van der Waals surface area contributed by atoms with E-state index in [9.17, 15) is 24.5 Å². The smallest absolute Gasteiger partial charge is 0.394 e. The normalized spacial score (nSPS) is 25.6. The summed E-state index contributed by atoms with van der Waals surface area (Å²) in [6, 6.07) is 1.58. The maximum atomic E-state index is 12.9. The van der Waals surface area contributed by atoms with Crippen molar-refractivity contribution in [3.05, 3.63) is 35.4 Å². The van der Waals surface area contributed by atoms with Crippen LogP contribution in [0.3, 0.4) is 0 Å². The van der Waals surface area contributed by atoms with Gasteiger partial charge in [-0.15, -0.1) is 12.4 Å². The molecule has 7 atom stereocenters. The number of phosphoric ester groups is 1. The van der Waals surface area contributed by atoms with Gasteiger partial charge < -0.3 is 47.1 Å². The van der Waals surface area contributed by atoms with Gasteiger partial charge in [0, 0.05) is 32.1 Å². The van der Waals surface area contributed by atoms with Gasteiger partial charge in [0.15, 0.2) is 17.4 Å². The van der Waals surface area contributed by atoms with Crippen LogP contribution in [0.2, 0.25) is 0 Å². The van der Waals surface area contributed by atoms with Crippen molar-refractivity contribution in [3.63, 3.8) is 0 Å². The summed E-state index contributed by atoms with van der Waals surface area (Å²) in [5.74, 6) is 0.574. The Bertz CT molecular complexity index is 1610. The number of nitrogen functional groups attached to an aromatic ring is 1. The van der Waals surface area contributed by atoms with E-state index in [1.165, 1.54) is 23.4 Å². The van der Waals surface area contributed by atoms with Gasteiger partial charge in [0.05, 0.1) is 25.6 Å². The number of nitrogens with zero attached hydrogens (tertiary/aromatic N) is 7. The molecule has 5 heterocycles. The number of aliphatic hydroxyl groups is 2. The van der Waals surface area contributed by atoms with E-state index in [0.717, 1.165) is 12.8 Å². The minimum atomic E-state index is -4.73. The van der Waals surface area contributed by atoms with Gasteiger partial charge in [-0.05, 0) is 18.9 Å². The number of aliphatic imine (C=N–C) groups is 1. The van der Waals surface area contributed by atoms with Crippen LogP contribution in [0, 0.1) is 0 Å². The highest BCUT2D eigenvalue weighted by Gasteiger charge is 2.43. The number of imidazole rings is 1. The number of halogens is 1. The lowest BCUT2D eigenvalue weighted by Crippen LogP contribution is -2.29. The number of hydrogen-bond donors (Lipinski definition) is 7. The number of rotatable bonds is 14. The Balaban J connectivity index is 0.00000480. The van der Waals surface area contributed by atoms with E-state index >= 15 is 0 Å². The summed E-state index contributed by atoms with van der Waals surface area (Å²) < 4.78 is 37.7. The minimum Gasteiger partial charge on any atom is -0.394 e. The molecule has 3 aromatic heterocycles. The van der Waals surface area contributed by atoms with E-state index in [2.05, 4.69) is 30.2 Å². The summed E-state index contributed by atoms with van der Waals surface area (Å²) in [5.41, 5.74) is 16.6. The Labute approximate surface area is 268 Å². The van der Waals surface area contributed by atoms with Gasteiger partial charge in [0.1, 0.15) is 48.4 Å². The first kappa shape index (κ1) is 35.4. The van der Waals surface area contributed by atoms with E-state index in [-0.39, 0.29) is 37.0 Å². The second-order valence-corrected chi connectivity index (χ2v) is 11.8. The molecule has 1 unspecified atom stereocenters. The zero-order chi connectivity index (χ0) is 32.1. The molecule has 46 heavy (non-hydrogen) atoms. The molecule has 2 saturated heterocycles. The van der Waals surface area contributed by atoms with Gasteiger partial charge >= 0.3 is 13.5 Å². The van der Waals surface area contributed by atoms with E-state index in [1.54, 1.807) is 10.6 Å². The summed E-state index contributed by atoms with van der Waals surface area (Å²) in [7, 11) is -4.73. The number of anilines is 2. The number of guanidine groups is 1. The van der Waals surface area contributed by atoms with Crippen LogP contribution in [0.1, 0.15) is 38.1 Å². The third-order valence-electron chi connectivity index (χ3n) is 7.26. The fourth-order valence-corrected chi connectivity index (χ4v) is 5.98. The van der Waals surface area contributed by atoms with Gasteiger partial charge in [0.2, 0.25) is 0 Å². The number of aliphatic hydroxyl groups excluding tert-OH is 2. The van der Waals surface area contributed by atoms with Crippen molar-refractivity contribution in [1.29, 1.82) is 0 Å². The van der Waals surface area contributed by atoms with Crippen molar-refractivity contribution in [2.75, 3.05) is 37.4 Å². The van der Waals surface area contributed by atoms with Crippen LogP contribution in [0.25, 0.3) is 11.2 Å². The van der Waals surface area contributed by atoms with Crippen molar-refractivity contribution in [1.82, 2.24) is 29.1 Å². The Morgan fingerprint density at radius 3 is 2.65 bits per heavy atom. The Hall–Kier alpha value is -3.46. The van der Waals surface area contributed by atoms with Gasteiger partial charge in [-0.25, -0.2) is 24.3 Å². The van der Waals surface area contributed by atoms with Crippen LogP contribution >= 0.6 is 20.2 Å². The quantitative estimate of drug-likeness (QED) is 0.0461. The van der Waals surface area contributed by atoms with Crippen molar-refractivity contribution >= 4 is 49.0 Å². The predicted octanol–water partition coefficient (Wildman–Crippen LogP) is -1.02. The molecule has 0 radical (unpaired) electrons. The van der Waals surface area contributed by atoms with E-state index in [0.29, 0.717) is 30.1 Å². The molecule has 3 aromatic rings. The first-order chi connectivity index (χ1) is 21.5. The number of phosphoric acid groups is 1. The lowest BCUT2D eigenvalue weighted by atomic mass is 10.2. The second kappa shape index (κ2) is 15.4. The van der Waals surface area contributed by atoms with Crippen LogP contribution in [-0.4, -0.2) is 101 Å². The molecule has 2 fully saturated rings. The molecule has 0 amide bonds. The minimum absolute atomic E-state index is 0. The maximum Gasteiger partial charge on any atom is 0.472 e. The Morgan fingerprint density at radius 1 is 1.15 bits per heavy atom. The molecule has 10 N–H and O–H groups in total. The number of nitrogens with one attached hydrogen (secondary N) is 1. The zero-order valence-corrected chi connectivity index (χ0v) is 26.2. The summed E-state index contributed by atoms with van der Waals surface area (Å²) in [5, 5.41) is 23.4. The fraction of sp³-hybridized carbons (Fsp3) is 0.583. The number of fused-ring (bicyclic) bond motifs is 1. The highest BCUT2D eigenvalue weighted by Crippen LogP contribution is 2.49. The van der Waals surface area contributed by atoms with Crippen molar-refractivity contribution in [3.8, 4) is 0 Å². The Morgan fingerprint density at radius 2 is 1.91 bits per heavy atom. The van der Waals surface area contributed by atoms with Crippen LogP contribution in [0.15, 0.2) is 34.7 Å². The maximum absolute atomic E-state index is 12.9. The molecule has 2 aliphatic heterocycles. The standard InChI is InChI=1S/C24H36N11O9P.ClH/c25-21-20-22(31-11-30-21)35(12-32-20)18-7-13(37)16(43-18)10-41-45(39,40)44-14-8-19(42-15(14)9-36)34-6-3-17(33-24(34)38)28-4-1-2-5-29-23(26)27;/h3,6,11-16,18-19,36-37H,1-2,4-5,7-10H2,(H,39,40)(H2,25,30,31)(H4,26,27,29)(H,28,33,38);1H/t13-,14-,15+,16+,18+,19+;/m0./s1. The third-order valence-corrected chi connectivity index (χ3v) is 8.27. The van der Waals surface area contributed by atoms with Crippen LogP contribution in [0.5, 0.6) is 0 Å². The summed E-state index contributed by atoms with van der Waals surface area (Å²) in [6.07, 6.45) is -0.0309. The molecule has 254 valence electrons. The Kier molecular flexibility index (Phi) is 11.9. The second-order valence-electron chi connectivity index (χ2n) is 10.4. The molecular weight excluding hydrogens is 653 g/mol. The highest BCUT2D eigenvalue weighted by atomic mass is 35.5. The van der Waals surface area contributed by atoms with Crippen molar-refractivity contribution < 1.29 is 38.2 Å². The fourth-order valence-electron chi connectivity index (χ4n) is 5.02. The molecule has 20 nitrogen and oxygen atoms in total. The van der Waals surface area contributed by atoms with Gasteiger partial charge in [0.25, 0.3) is 0 Å². The third kappa shape index (κ3) is 8.46. The van der Waals surface area contributed by atoms with E-state index in [4.69, 9.17) is 35.7 Å². The average Bonchev–Trinajstić information content (AvgIpc) is 3.70. The number of ether oxygens (including phenoxy) is 2. The molecule has 0 spiro atoms. The topological polar surface area (TPSA) is 296 Å². The summed E-state index contributed by atoms with van der Waals surface area (Å²) >= 11 is 0. The molecule has 5 rings (SSSR count). The van der Waals surface area contributed by atoms with Gasteiger partial charge in [-0.2, -0.15) is 4.98 Å². The first-order valence-corrected chi connectivity index (χ1v) is 15.6. The molecule has 2 aliphatic rings. The van der Waals surface area contributed by atoms with Crippen molar-refractivity contribution in [2.45, 2.75) is 62.6 Å². The average molecular weight is 690 g/mol. The van der Waals surface area contributed by atoms with Crippen LogP contribution < -0.4 is 28.2 Å². The lowest BCUT2D eigenvalue weighted by molar-refractivity contribution is -0.0564. The first-order valence-electron chi connectivity index (χ1n) is 14.1. The summed E-state index contributed by atoms with van der Waals surface area (Å²) in [6.45, 7) is -0.00492. The van der Waals surface area contributed by atoms with Crippen LogP contribution in [0.4, 0.5) is 11.6 Å². The number of hydrogen-bond acceptors (Lipinski definition) is 15. The molecular formula is C24H37ClN11O9P. The molecule has 22 heteroatoms. The summed E-state index contributed by atoms with van der Waals surface area (Å²) in [4.78, 5) is 43.3. The molecule has 0 aliphatic carbocycles. The molecule has 0 bridgehead atoms. The van der Waals surface area contributed by atoms with Gasteiger partial charge in [-0.3, -0.25) is 23.2 Å².